The third-order valence-electron chi connectivity index (χ3n) is 3.76. The zero-order valence-electron chi connectivity index (χ0n) is 10.6. The van der Waals surface area contributed by atoms with Gasteiger partial charge in [-0.1, -0.05) is 47.0 Å². The van der Waals surface area contributed by atoms with Gasteiger partial charge in [-0.3, -0.25) is 0 Å². The van der Waals surface area contributed by atoms with E-state index in [0.29, 0.717) is 5.41 Å². The van der Waals surface area contributed by atoms with Gasteiger partial charge in [-0.15, -0.1) is 10.2 Å². The lowest BCUT2D eigenvalue weighted by Crippen LogP contribution is -2.28. The molecule has 1 aliphatic rings. The molecule has 0 N–H and O–H groups in total. The number of aromatic nitrogens is 3. The standard InChI is InChI=1S/C12H20BrN3S/c1-10-14-15-11(16(10)2)17-9-12(8-13)6-4-3-5-7-12/h3-9H2,1-2H3. The number of nitrogens with zero attached hydrogens (tertiary/aromatic N) is 3. The number of hydrogen-bond donors (Lipinski definition) is 0. The Bertz CT molecular complexity index is 372. The third-order valence-corrected chi connectivity index (χ3v) is 6.32. The highest BCUT2D eigenvalue weighted by atomic mass is 79.9. The van der Waals surface area contributed by atoms with Gasteiger partial charge in [0, 0.05) is 18.1 Å². The van der Waals surface area contributed by atoms with Crippen LogP contribution in [0.15, 0.2) is 5.16 Å². The lowest BCUT2D eigenvalue weighted by Gasteiger charge is -2.35. The van der Waals surface area contributed by atoms with Crippen molar-refractivity contribution in [2.24, 2.45) is 12.5 Å². The molecule has 17 heavy (non-hydrogen) atoms. The van der Waals surface area contributed by atoms with Crippen LogP contribution in [0.1, 0.15) is 37.9 Å². The van der Waals surface area contributed by atoms with Crippen LogP contribution < -0.4 is 0 Å². The molecule has 1 aromatic heterocycles. The molecule has 2 rings (SSSR count). The first kappa shape index (κ1) is 13.4. The molecule has 0 unspecified atom stereocenters. The van der Waals surface area contributed by atoms with Gasteiger partial charge in [0.2, 0.25) is 0 Å². The molecule has 1 heterocycles. The van der Waals surface area contributed by atoms with Crippen LogP contribution >= 0.6 is 27.7 Å². The van der Waals surface area contributed by atoms with Crippen LogP contribution in [0.25, 0.3) is 0 Å². The Balaban J connectivity index is 1.98. The molecule has 1 saturated carbocycles. The number of rotatable bonds is 4. The van der Waals surface area contributed by atoms with Crippen molar-refractivity contribution in [2.75, 3.05) is 11.1 Å². The van der Waals surface area contributed by atoms with Crippen molar-refractivity contribution in [1.82, 2.24) is 14.8 Å². The van der Waals surface area contributed by atoms with E-state index in [9.17, 15) is 0 Å². The van der Waals surface area contributed by atoms with E-state index < -0.39 is 0 Å². The summed E-state index contributed by atoms with van der Waals surface area (Å²) in [5.41, 5.74) is 0.475. The van der Waals surface area contributed by atoms with Gasteiger partial charge in [0.1, 0.15) is 5.82 Å². The first-order valence-corrected chi connectivity index (χ1v) is 8.32. The van der Waals surface area contributed by atoms with Gasteiger partial charge >= 0.3 is 0 Å². The van der Waals surface area contributed by atoms with Crippen LogP contribution in [0.5, 0.6) is 0 Å². The van der Waals surface area contributed by atoms with Crippen molar-refractivity contribution < 1.29 is 0 Å². The molecule has 5 heteroatoms. The van der Waals surface area contributed by atoms with E-state index in [2.05, 4.69) is 30.7 Å². The molecule has 0 amide bonds. The first-order valence-electron chi connectivity index (χ1n) is 6.22. The van der Waals surface area contributed by atoms with Crippen molar-refractivity contribution in [3.63, 3.8) is 0 Å². The summed E-state index contributed by atoms with van der Waals surface area (Å²) in [6.07, 6.45) is 6.86. The average Bonchev–Trinajstić information content (AvgIpc) is 2.69. The molecule has 0 aliphatic heterocycles. The van der Waals surface area contributed by atoms with Gasteiger partial charge in [-0.25, -0.2) is 0 Å². The molecule has 1 fully saturated rings. The lowest BCUT2D eigenvalue weighted by atomic mass is 9.77. The molecule has 0 spiro atoms. The fourth-order valence-corrected chi connectivity index (χ4v) is 4.62. The van der Waals surface area contributed by atoms with Gasteiger partial charge in [-0.2, -0.15) is 0 Å². The number of halogens is 1. The highest BCUT2D eigenvalue weighted by Crippen LogP contribution is 2.41. The summed E-state index contributed by atoms with van der Waals surface area (Å²) in [5.74, 6) is 2.15. The quantitative estimate of drug-likeness (QED) is 0.628. The van der Waals surface area contributed by atoms with Crippen LogP contribution in [0.4, 0.5) is 0 Å². The van der Waals surface area contributed by atoms with E-state index in [1.165, 1.54) is 32.1 Å². The fraction of sp³-hybridized carbons (Fsp3) is 0.833. The molecule has 96 valence electrons. The molecular formula is C12H20BrN3S. The summed E-state index contributed by atoms with van der Waals surface area (Å²) in [4.78, 5) is 0. The Morgan fingerprint density at radius 1 is 1.29 bits per heavy atom. The van der Waals surface area contributed by atoms with Gasteiger partial charge < -0.3 is 4.57 Å². The third kappa shape index (κ3) is 3.05. The summed E-state index contributed by atoms with van der Waals surface area (Å²) >= 11 is 5.57. The highest BCUT2D eigenvalue weighted by Gasteiger charge is 2.31. The molecule has 0 atom stereocenters. The molecule has 1 aromatic rings. The van der Waals surface area contributed by atoms with E-state index in [4.69, 9.17) is 0 Å². The van der Waals surface area contributed by atoms with Gasteiger partial charge in [0.25, 0.3) is 0 Å². The minimum absolute atomic E-state index is 0.475. The number of aryl methyl sites for hydroxylation is 1. The second-order valence-corrected chi connectivity index (χ2v) is 6.58. The van der Waals surface area contributed by atoms with Crippen molar-refractivity contribution in [2.45, 2.75) is 44.2 Å². The van der Waals surface area contributed by atoms with E-state index >= 15 is 0 Å². The normalized spacial score (nSPS) is 19.5. The van der Waals surface area contributed by atoms with Crippen LogP contribution in [0.2, 0.25) is 0 Å². The Morgan fingerprint density at radius 2 is 2.00 bits per heavy atom. The van der Waals surface area contributed by atoms with Crippen molar-refractivity contribution >= 4 is 27.7 Å². The maximum atomic E-state index is 4.23. The largest absolute Gasteiger partial charge is 0.309 e. The number of thioether (sulfide) groups is 1. The fourth-order valence-electron chi connectivity index (χ4n) is 2.35. The SMILES string of the molecule is Cc1nnc(SCC2(CBr)CCCCC2)n1C. The summed E-state index contributed by atoms with van der Waals surface area (Å²) < 4.78 is 2.08. The number of alkyl halides is 1. The van der Waals surface area contributed by atoms with Gasteiger partial charge in [0.15, 0.2) is 5.16 Å². The van der Waals surface area contributed by atoms with Crippen LogP contribution in [0, 0.1) is 12.3 Å². The van der Waals surface area contributed by atoms with Crippen LogP contribution in [0.3, 0.4) is 0 Å². The second-order valence-electron chi connectivity index (χ2n) is 5.07. The van der Waals surface area contributed by atoms with Crippen molar-refractivity contribution in [3.8, 4) is 0 Å². The smallest absolute Gasteiger partial charge is 0.190 e. The maximum Gasteiger partial charge on any atom is 0.190 e. The molecular weight excluding hydrogens is 298 g/mol. The molecule has 0 radical (unpaired) electrons. The van der Waals surface area contributed by atoms with Crippen LogP contribution in [-0.4, -0.2) is 25.8 Å². The van der Waals surface area contributed by atoms with Crippen molar-refractivity contribution in [3.05, 3.63) is 5.82 Å². The summed E-state index contributed by atoms with van der Waals surface area (Å²) in [7, 11) is 2.04. The molecule has 0 saturated heterocycles. The molecule has 0 bridgehead atoms. The van der Waals surface area contributed by atoms with E-state index in [-0.39, 0.29) is 0 Å². The Labute approximate surface area is 116 Å². The zero-order chi connectivity index (χ0) is 12.3. The average molecular weight is 318 g/mol. The first-order chi connectivity index (χ1) is 8.17. The predicted octanol–water partition coefficient (Wildman–Crippen LogP) is 3.56. The Hall–Kier alpha value is -0.0300. The van der Waals surface area contributed by atoms with Crippen LogP contribution in [-0.2, 0) is 7.05 Å². The predicted molar refractivity (Wildman–Crippen MR) is 75.8 cm³/mol. The topological polar surface area (TPSA) is 30.7 Å². The van der Waals surface area contributed by atoms with Gasteiger partial charge in [-0.05, 0) is 25.2 Å². The maximum absolute atomic E-state index is 4.23. The van der Waals surface area contributed by atoms with E-state index in [0.717, 1.165) is 22.1 Å². The minimum Gasteiger partial charge on any atom is -0.309 e. The number of hydrogen-bond acceptors (Lipinski definition) is 3. The molecule has 1 aliphatic carbocycles. The Kier molecular flexibility index (Phi) is 4.53. The molecule has 3 nitrogen and oxygen atoms in total. The van der Waals surface area contributed by atoms with Crippen molar-refractivity contribution in [1.29, 1.82) is 0 Å². The van der Waals surface area contributed by atoms with E-state index in [1.54, 1.807) is 0 Å². The summed E-state index contributed by atoms with van der Waals surface area (Å²) in [6.45, 7) is 2.00. The van der Waals surface area contributed by atoms with E-state index in [1.807, 2.05) is 25.7 Å². The highest BCUT2D eigenvalue weighted by molar-refractivity contribution is 9.09. The van der Waals surface area contributed by atoms with Gasteiger partial charge in [0.05, 0.1) is 0 Å². The summed E-state index contributed by atoms with van der Waals surface area (Å²) in [6, 6.07) is 0. The monoisotopic (exact) mass is 317 g/mol. The Morgan fingerprint density at radius 3 is 2.53 bits per heavy atom. The zero-order valence-corrected chi connectivity index (χ0v) is 13.0. The minimum atomic E-state index is 0.475. The second kappa shape index (κ2) is 5.74. The summed E-state index contributed by atoms with van der Waals surface area (Å²) in [5, 5.41) is 10.5. The molecule has 0 aromatic carbocycles. The lowest BCUT2D eigenvalue weighted by molar-refractivity contribution is 0.260.